The number of carbonyl (C=O) groups is 2. The van der Waals surface area contributed by atoms with Gasteiger partial charge in [-0.3, -0.25) is 14.5 Å². The van der Waals surface area contributed by atoms with Crippen LogP contribution in [-0.4, -0.2) is 31.8 Å². The summed E-state index contributed by atoms with van der Waals surface area (Å²) in [7, 11) is 3.16. The van der Waals surface area contributed by atoms with Gasteiger partial charge in [0.2, 0.25) is 11.8 Å². The summed E-state index contributed by atoms with van der Waals surface area (Å²) in [6.07, 6.45) is 0.411. The van der Waals surface area contributed by atoms with Gasteiger partial charge in [0.15, 0.2) is 0 Å². The van der Waals surface area contributed by atoms with Crippen LogP contribution in [0.1, 0.15) is 38.1 Å². The molecule has 3 rings (SSSR count). The highest BCUT2D eigenvalue weighted by Gasteiger charge is 2.37. The zero-order chi connectivity index (χ0) is 21.9. The topological polar surface area (TPSA) is 67.9 Å². The van der Waals surface area contributed by atoms with Crippen molar-refractivity contribution in [2.75, 3.05) is 30.2 Å². The van der Waals surface area contributed by atoms with E-state index >= 15 is 0 Å². The molecule has 2 amide bonds. The summed E-state index contributed by atoms with van der Waals surface area (Å²) in [6, 6.07) is 13.0. The minimum Gasteiger partial charge on any atom is -0.497 e. The number of rotatable bonds is 6. The summed E-state index contributed by atoms with van der Waals surface area (Å²) in [4.78, 5) is 27.1. The highest BCUT2D eigenvalue weighted by Crippen LogP contribution is 2.47. The molecule has 2 aromatic carbocycles. The van der Waals surface area contributed by atoms with Crippen LogP contribution in [0.2, 0.25) is 0 Å². The average molecular weight is 429 g/mol. The van der Waals surface area contributed by atoms with Crippen molar-refractivity contribution in [3.8, 4) is 11.5 Å². The smallest absolute Gasteiger partial charge is 0.238 e. The van der Waals surface area contributed by atoms with Gasteiger partial charge >= 0.3 is 0 Å². The SMILES string of the molecule is COc1ccc(N2C(=O)CSC2c2ccccc2NC(=O)CC(C)(C)C)c(OC)c1. The van der Waals surface area contributed by atoms with Crippen molar-refractivity contribution in [3.63, 3.8) is 0 Å². The summed E-state index contributed by atoms with van der Waals surface area (Å²) in [5.41, 5.74) is 2.17. The van der Waals surface area contributed by atoms with E-state index in [1.165, 1.54) is 11.8 Å². The van der Waals surface area contributed by atoms with E-state index < -0.39 is 0 Å². The Balaban J connectivity index is 1.96. The molecular formula is C23H28N2O4S. The third-order valence-corrected chi connectivity index (χ3v) is 5.90. The van der Waals surface area contributed by atoms with Crippen molar-refractivity contribution in [2.24, 2.45) is 5.41 Å². The molecule has 30 heavy (non-hydrogen) atoms. The Morgan fingerprint density at radius 1 is 1.17 bits per heavy atom. The van der Waals surface area contributed by atoms with Crippen molar-refractivity contribution in [3.05, 3.63) is 48.0 Å². The number of benzene rings is 2. The molecule has 1 unspecified atom stereocenters. The molecule has 2 aromatic rings. The summed E-state index contributed by atoms with van der Waals surface area (Å²) in [6.45, 7) is 6.09. The fourth-order valence-corrected chi connectivity index (χ4v) is 4.61. The molecule has 1 fully saturated rings. The van der Waals surface area contributed by atoms with E-state index in [4.69, 9.17) is 9.47 Å². The molecule has 0 saturated carbocycles. The Labute approximate surface area is 181 Å². The van der Waals surface area contributed by atoms with Crippen LogP contribution in [0, 0.1) is 5.41 Å². The predicted molar refractivity (Wildman–Crippen MR) is 121 cm³/mol. The Morgan fingerprint density at radius 3 is 2.57 bits per heavy atom. The maximum atomic E-state index is 12.8. The molecule has 6 nitrogen and oxygen atoms in total. The normalized spacial score (nSPS) is 16.5. The number of nitrogens with zero attached hydrogens (tertiary/aromatic N) is 1. The number of hydrogen-bond acceptors (Lipinski definition) is 5. The number of anilines is 2. The lowest BCUT2D eigenvalue weighted by atomic mass is 9.92. The lowest BCUT2D eigenvalue weighted by Gasteiger charge is -2.28. The zero-order valence-electron chi connectivity index (χ0n) is 18.0. The number of thioether (sulfide) groups is 1. The quantitative estimate of drug-likeness (QED) is 0.712. The number of ether oxygens (including phenoxy) is 2. The summed E-state index contributed by atoms with van der Waals surface area (Å²) in [5.74, 6) is 1.51. The average Bonchev–Trinajstić information content (AvgIpc) is 3.07. The van der Waals surface area contributed by atoms with Gasteiger partial charge in [-0.15, -0.1) is 11.8 Å². The second kappa shape index (κ2) is 9.00. The number of para-hydroxylation sites is 1. The van der Waals surface area contributed by atoms with E-state index in [0.717, 1.165) is 11.3 Å². The Kier molecular flexibility index (Phi) is 6.61. The van der Waals surface area contributed by atoms with E-state index in [0.29, 0.717) is 29.4 Å². The van der Waals surface area contributed by atoms with Crippen molar-refractivity contribution >= 4 is 35.0 Å². The number of nitrogens with one attached hydrogen (secondary N) is 1. The number of amides is 2. The van der Waals surface area contributed by atoms with Gasteiger partial charge in [0.05, 0.1) is 25.7 Å². The fraction of sp³-hybridized carbons (Fsp3) is 0.391. The van der Waals surface area contributed by atoms with Crippen molar-refractivity contribution in [2.45, 2.75) is 32.6 Å². The number of hydrogen-bond donors (Lipinski definition) is 1. The largest absolute Gasteiger partial charge is 0.497 e. The molecule has 1 atom stereocenters. The van der Waals surface area contributed by atoms with Crippen molar-refractivity contribution in [1.29, 1.82) is 0 Å². The summed E-state index contributed by atoms with van der Waals surface area (Å²) >= 11 is 1.53. The third kappa shape index (κ3) is 4.90. The lowest BCUT2D eigenvalue weighted by molar-refractivity contribution is -0.118. The van der Waals surface area contributed by atoms with Crippen molar-refractivity contribution < 1.29 is 19.1 Å². The molecule has 0 aromatic heterocycles. The van der Waals surface area contributed by atoms with Gasteiger partial charge in [0.25, 0.3) is 0 Å². The molecule has 1 saturated heterocycles. The van der Waals surface area contributed by atoms with Gasteiger partial charge in [0, 0.05) is 23.7 Å². The van der Waals surface area contributed by atoms with Crippen LogP contribution in [-0.2, 0) is 9.59 Å². The summed E-state index contributed by atoms with van der Waals surface area (Å²) in [5, 5.41) is 2.76. The molecule has 160 valence electrons. The molecule has 1 N–H and O–H groups in total. The van der Waals surface area contributed by atoms with Crippen LogP contribution in [0.15, 0.2) is 42.5 Å². The second-order valence-electron chi connectivity index (χ2n) is 8.34. The monoisotopic (exact) mass is 428 g/mol. The van der Waals surface area contributed by atoms with Gasteiger partial charge in [-0.2, -0.15) is 0 Å². The Hall–Kier alpha value is -2.67. The van der Waals surface area contributed by atoms with Crippen LogP contribution in [0.3, 0.4) is 0 Å². The molecule has 0 radical (unpaired) electrons. The van der Waals surface area contributed by atoms with Gasteiger partial charge < -0.3 is 14.8 Å². The third-order valence-electron chi connectivity index (χ3n) is 4.71. The highest BCUT2D eigenvalue weighted by molar-refractivity contribution is 8.00. The maximum absolute atomic E-state index is 12.8. The standard InChI is InChI=1S/C23H28N2O4S/c1-23(2,3)13-20(26)24-17-9-7-6-8-16(17)22-25(21(27)14-30-22)18-11-10-15(28-4)12-19(18)29-5/h6-12,22H,13-14H2,1-5H3,(H,24,26). The first-order chi connectivity index (χ1) is 14.2. The van der Waals surface area contributed by atoms with Gasteiger partial charge in [0.1, 0.15) is 16.9 Å². The van der Waals surface area contributed by atoms with Gasteiger partial charge in [-0.25, -0.2) is 0 Å². The maximum Gasteiger partial charge on any atom is 0.238 e. The fourth-order valence-electron chi connectivity index (χ4n) is 3.40. The van der Waals surface area contributed by atoms with E-state index in [2.05, 4.69) is 5.32 Å². The predicted octanol–water partition coefficient (Wildman–Crippen LogP) is 4.86. The number of methoxy groups -OCH3 is 2. The van der Waals surface area contributed by atoms with Crippen LogP contribution in [0.25, 0.3) is 0 Å². The first kappa shape index (κ1) is 22.0. The number of carbonyl (C=O) groups excluding carboxylic acids is 2. The molecule has 1 aliphatic rings. The van der Waals surface area contributed by atoms with E-state index in [-0.39, 0.29) is 22.6 Å². The Bertz CT molecular complexity index is 939. The first-order valence-electron chi connectivity index (χ1n) is 9.78. The zero-order valence-corrected chi connectivity index (χ0v) is 18.8. The van der Waals surface area contributed by atoms with E-state index in [9.17, 15) is 9.59 Å². The lowest BCUT2D eigenvalue weighted by Crippen LogP contribution is -2.29. The van der Waals surface area contributed by atoms with Crippen LogP contribution in [0.4, 0.5) is 11.4 Å². The molecule has 1 aliphatic heterocycles. The highest BCUT2D eigenvalue weighted by atomic mass is 32.2. The summed E-state index contributed by atoms with van der Waals surface area (Å²) < 4.78 is 10.8. The first-order valence-corrected chi connectivity index (χ1v) is 10.8. The van der Waals surface area contributed by atoms with Gasteiger partial charge in [-0.05, 0) is 23.6 Å². The molecule has 0 aliphatic carbocycles. The van der Waals surface area contributed by atoms with Gasteiger partial charge in [-0.1, -0.05) is 39.0 Å². The van der Waals surface area contributed by atoms with Crippen LogP contribution < -0.4 is 19.7 Å². The molecule has 0 bridgehead atoms. The van der Waals surface area contributed by atoms with Crippen molar-refractivity contribution in [1.82, 2.24) is 0 Å². The molecule has 0 spiro atoms. The van der Waals surface area contributed by atoms with E-state index in [1.54, 1.807) is 25.2 Å². The minimum atomic E-state index is -0.272. The second-order valence-corrected chi connectivity index (χ2v) is 9.41. The molecular weight excluding hydrogens is 400 g/mol. The van der Waals surface area contributed by atoms with Crippen LogP contribution in [0.5, 0.6) is 11.5 Å². The van der Waals surface area contributed by atoms with E-state index in [1.807, 2.05) is 57.2 Å². The Morgan fingerprint density at radius 2 is 1.90 bits per heavy atom. The molecule has 1 heterocycles. The molecule has 7 heteroatoms. The van der Waals surface area contributed by atoms with Crippen LogP contribution >= 0.6 is 11.8 Å². The minimum absolute atomic E-state index is 0.00992.